The van der Waals surface area contributed by atoms with Gasteiger partial charge in [-0.15, -0.1) is 0 Å². The molecule has 0 fully saturated rings. The van der Waals surface area contributed by atoms with Gasteiger partial charge in [0.25, 0.3) is 7.82 Å². The van der Waals surface area contributed by atoms with Gasteiger partial charge in [-0.3, -0.25) is 9.36 Å². The molecule has 0 spiro atoms. The van der Waals surface area contributed by atoms with Crippen molar-refractivity contribution in [3.8, 4) is 0 Å². The van der Waals surface area contributed by atoms with Crippen molar-refractivity contribution in [2.75, 3.05) is 40.9 Å². The highest BCUT2D eigenvalue weighted by atomic mass is 31.2. The Bertz CT molecular complexity index is 1580. The molecule has 0 rings (SSSR count). The minimum Gasteiger partial charge on any atom is -0.756 e. The van der Waals surface area contributed by atoms with Crippen molar-refractivity contribution in [3.63, 3.8) is 0 Å². The summed E-state index contributed by atoms with van der Waals surface area (Å²) in [5.41, 5.74) is 0. The molecule has 0 aliphatic carbocycles. The fraction of sp³-hybridized carbons (Fsp3) is 0.667. The Labute approximate surface area is 444 Å². The van der Waals surface area contributed by atoms with Gasteiger partial charge in [0.1, 0.15) is 13.2 Å². The van der Waals surface area contributed by atoms with Gasteiger partial charge in [0.2, 0.25) is 5.91 Å². The van der Waals surface area contributed by atoms with Crippen molar-refractivity contribution in [1.82, 2.24) is 5.32 Å². The van der Waals surface area contributed by atoms with Crippen LogP contribution >= 0.6 is 7.82 Å². The number of hydrogen-bond acceptors (Lipinski definition) is 6. The van der Waals surface area contributed by atoms with Crippen LogP contribution in [0.3, 0.4) is 0 Å². The smallest absolute Gasteiger partial charge is 0.268 e. The van der Waals surface area contributed by atoms with E-state index in [0.29, 0.717) is 17.4 Å². The van der Waals surface area contributed by atoms with Crippen molar-refractivity contribution in [2.24, 2.45) is 0 Å². The minimum absolute atomic E-state index is 0.0153. The van der Waals surface area contributed by atoms with Gasteiger partial charge in [-0.1, -0.05) is 232 Å². The van der Waals surface area contributed by atoms with Gasteiger partial charge in [-0.25, -0.2) is 0 Å². The number of rotatable bonds is 51. The second kappa shape index (κ2) is 52.8. The molecule has 3 atom stereocenters. The van der Waals surface area contributed by atoms with Crippen LogP contribution in [0, 0.1) is 0 Å². The number of nitrogens with zero attached hydrogens (tertiary/aromatic N) is 1. The number of unbranched alkanes of at least 4 members (excludes halogenated alkanes) is 20. The average molecular weight is 1020 g/mol. The number of hydrogen-bond donors (Lipinski definition) is 2. The molecule has 0 aromatic heterocycles. The monoisotopic (exact) mass is 1020 g/mol. The molecule has 0 aliphatic heterocycles. The van der Waals surface area contributed by atoms with E-state index in [-0.39, 0.29) is 12.5 Å². The van der Waals surface area contributed by atoms with Gasteiger partial charge in [-0.05, 0) is 103 Å². The summed E-state index contributed by atoms with van der Waals surface area (Å²) in [7, 11) is 1.22. The van der Waals surface area contributed by atoms with Crippen LogP contribution in [-0.2, 0) is 18.4 Å². The van der Waals surface area contributed by atoms with Crippen LogP contribution < -0.4 is 10.2 Å². The molecular weight excluding hydrogens is 912 g/mol. The number of carbonyl (C=O) groups is 1. The molecular formula is C63H109N2O6P. The van der Waals surface area contributed by atoms with Crippen molar-refractivity contribution in [1.29, 1.82) is 0 Å². The third-order valence-electron chi connectivity index (χ3n) is 12.1. The number of aliphatic hydroxyl groups excluding tert-OH is 1. The number of quaternary nitrogens is 1. The maximum Gasteiger partial charge on any atom is 0.268 e. The van der Waals surface area contributed by atoms with Crippen LogP contribution in [0.1, 0.15) is 219 Å². The highest BCUT2D eigenvalue weighted by molar-refractivity contribution is 7.45. The SMILES string of the molecule is CC/C=C\C/C=C\C/C=C\C/C=C\C/C=C\C/C=C\C/C=C\CCCCCCCCCCCCCC(=O)NC(COP(=O)([O-])OCC[N+](C)(C)C)C(O)/C=C/CC/C=C/CC/C=C/CCCCCCCCC. The van der Waals surface area contributed by atoms with Crippen LogP contribution in [-0.4, -0.2) is 68.5 Å². The molecule has 72 heavy (non-hydrogen) atoms. The summed E-state index contributed by atoms with van der Waals surface area (Å²) in [6.45, 7) is 4.48. The summed E-state index contributed by atoms with van der Waals surface area (Å²) < 4.78 is 23.3. The van der Waals surface area contributed by atoms with Gasteiger partial charge in [0.15, 0.2) is 0 Å². The second-order valence-corrected chi connectivity index (χ2v) is 21.7. The lowest BCUT2D eigenvalue weighted by Gasteiger charge is -2.29. The zero-order valence-corrected chi connectivity index (χ0v) is 47.7. The van der Waals surface area contributed by atoms with Gasteiger partial charge in [0, 0.05) is 6.42 Å². The van der Waals surface area contributed by atoms with E-state index in [2.05, 4.69) is 129 Å². The molecule has 0 aromatic rings. The number of allylic oxidation sites excluding steroid dienone is 19. The zero-order chi connectivity index (χ0) is 52.7. The lowest BCUT2D eigenvalue weighted by atomic mass is 10.0. The summed E-state index contributed by atoms with van der Waals surface area (Å²) in [6.07, 6.45) is 78.5. The third-order valence-corrected chi connectivity index (χ3v) is 13.1. The number of nitrogens with one attached hydrogen (secondary N) is 1. The van der Waals surface area contributed by atoms with Crippen LogP contribution in [0.15, 0.2) is 122 Å². The van der Waals surface area contributed by atoms with Crippen molar-refractivity contribution >= 4 is 13.7 Å². The summed E-state index contributed by atoms with van der Waals surface area (Å²) in [6, 6.07) is -0.920. The topological polar surface area (TPSA) is 108 Å². The van der Waals surface area contributed by atoms with E-state index in [0.717, 1.165) is 96.3 Å². The third kappa shape index (κ3) is 54.7. The number of likely N-dealkylation sites (N-methyl/N-ethyl adjacent to an activating group) is 1. The Morgan fingerprint density at radius 3 is 1.29 bits per heavy atom. The molecule has 1 amide bonds. The molecule has 0 saturated heterocycles. The van der Waals surface area contributed by atoms with E-state index in [9.17, 15) is 19.4 Å². The summed E-state index contributed by atoms with van der Waals surface area (Å²) in [4.78, 5) is 25.5. The fourth-order valence-electron chi connectivity index (χ4n) is 7.63. The number of phosphoric ester groups is 1. The van der Waals surface area contributed by atoms with Crippen molar-refractivity contribution < 1.29 is 32.9 Å². The van der Waals surface area contributed by atoms with E-state index in [1.54, 1.807) is 6.08 Å². The normalized spacial score (nSPS) is 14.8. The molecule has 412 valence electrons. The number of carbonyl (C=O) groups excluding carboxylic acids is 1. The van der Waals surface area contributed by atoms with Gasteiger partial charge in [-0.2, -0.15) is 0 Å². The minimum atomic E-state index is -4.62. The average Bonchev–Trinajstić information content (AvgIpc) is 3.34. The molecule has 0 aromatic carbocycles. The largest absolute Gasteiger partial charge is 0.756 e. The first-order valence-electron chi connectivity index (χ1n) is 28.9. The summed E-state index contributed by atoms with van der Waals surface area (Å²) >= 11 is 0. The first kappa shape index (κ1) is 68.9. The quantitative estimate of drug-likeness (QED) is 0.0272. The summed E-state index contributed by atoms with van der Waals surface area (Å²) in [5.74, 6) is -0.220. The fourth-order valence-corrected chi connectivity index (χ4v) is 8.36. The molecule has 3 unspecified atom stereocenters. The highest BCUT2D eigenvalue weighted by Gasteiger charge is 2.23. The molecule has 0 aliphatic rings. The van der Waals surface area contributed by atoms with Gasteiger partial charge in [0.05, 0.1) is 39.9 Å². The maximum absolute atomic E-state index is 13.0. The highest BCUT2D eigenvalue weighted by Crippen LogP contribution is 2.38. The maximum atomic E-state index is 13.0. The van der Waals surface area contributed by atoms with E-state index in [4.69, 9.17) is 9.05 Å². The summed E-state index contributed by atoms with van der Waals surface area (Å²) in [5, 5.41) is 13.8. The number of aliphatic hydroxyl groups is 1. The standard InChI is InChI=1S/C63H109N2O6P/c1-6-8-10-12-14-16-18-20-22-24-25-26-27-28-29-30-31-32-33-34-35-36-37-38-39-41-43-45-47-49-51-53-55-57-63(67)64-61(60-71-72(68,69)70-59-58-65(3,4)5)62(66)56-54-52-50-48-46-44-42-40-23-21-19-17-15-13-11-9-7-2/h8,10,14,16,20,22-23,25-26,28-29,31-32,34-35,40,46,48,54,56,61-62,66H,6-7,9,11-13,15,17-19,21,24,27,30,33,36-39,41-45,47,49-53,55,57-60H2,1-5H3,(H-,64,67,68,69)/b10-8-,16-14-,22-20-,26-25-,29-28-,32-31-,35-34-,40-23+,48-46+,56-54+. The predicted octanol–water partition coefficient (Wildman–Crippen LogP) is 17.1. The Hall–Kier alpha value is -3.10. The Kier molecular flexibility index (Phi) is 50.5. The Balaban J connectivity index is 4.23. The molecule has 9 heteroatoms. The molecule has 8 nitrogen and oxygen atoms in total. The van der Waals surface area contributed by atoms with E-state index in [1.807, 2.05) is 27.2 Å². The second-order valence-electron chi connectivity index (χ2n) is 20.2. The van der Waals surface area contributed by atoms with Crippen molar-refractivity contribution in [2.45, 2.75) is 231 Å². The van der Waals surface area contributed by atoms with Gasteiger partial charge < -0.3 is 28.8 Å². The van der Waals surface area contributed by atoms with Gasteiger partial charge >= 0.3 is 0 Å². The first-order chi connectivity index (χ1) is 35.0. The molecule has 2 N–H and O–H groups in total. The van der Waals surface area contributed by atoms with Crippen LogP contribution in [0.25, 0.3) is 0 Å². The Morgan fingerprint density at radius 1 is 0.500 bits per heavy atom. The van der Waals surface area contributed by atoms with Crippen LogP contribution in [0.2, 0.25) is 0 Å². The first-order valence-corrected chi connectivity index (χ1v) is 30.4. The van der Waals surface area contributed by atoms with E-state index < -0.39 is 26.6 Å². The molecule has 0 heterocycles. The number of phosphoric acid groups is 1. The van der Waals surface area contributed by atoms with Crippen LogP contribution in [0.5, 0.6) is 0 Å². The van der Waals surface area contributed by atoms with Crippen LogP contribution in [0.4, 0.5) is 0 Å². The van der Waals surface area contributed by atoms with E-state index >= 15 is 0 Å². The molecule has 0 saturated carbocycles. The predicted molar refractivity (Wildman–Crippen MR) is 311 cm³/mol. The number of amides is 1. The lowest BCUT2D eigenvalue weighted by molar-refractivity contribution is -0.870. The molecule has 0 radical (unpaired) electrons. The molecule has 0 bridgehead atoms. The lowest BCUT2D eigenvalue weighted by Crippen LogP contribution is -2.45. The zero-order valence-electron chi connectivity index (χ0n) is 46.8. The van der Waals surface area contributed by atoms with E-state index in [1.165, 1.54) is 103 Å². The van der Waals surface area contributed by atoms with Crippen molar-refractivity contribution in [3.05, 3.63) is 122 Å². The Morgan fingerprint density at radius 2 is 0.861 bits per heavy atom.